The summed E-state index contributed by atoms with van der Waals surface area (Å²) in [5.41, 5.74) is 0.845. The molecule has 1 aliphatic carbocycles. The maximum atomic E-state index is 10.6. The Morgan fingerprint density at radius 2 is 1.89 bits per heavy atom. The maximum Gasteiger partial charge on any atom is 0.134 e. The molecule has 2 aromatic rings. The number of aliphatic hydroxyl groups is 1. The minimum atomic E-state index is -0.481. The van der Waals surface area contributed by atoms with Crippen LogP contribution in [0.3, 0.4) is 0 Å². The van der Waals surface area contributed by atoms with Crippen LogP contribution in [0, 0.1) is 5.41 Å². The molecule has 1 atom stereocenters. The van der Waals surface area contributed by atoms with Crippen molar-refractivity contribution in [3.05, 3.63) is 36.1 Å². The largest absolute Gasteiger partial charge is 0.458 e. The highest BCUT2D eigenvalue weighted by Gasteiger charge is 2.37. The first-order valence-electron chi connectivity index (χ1n) is 6.86. The standard InChI is InChI=1S/C16H20O2/c1-16(9-5-2-6-10-16)15(17)14-11-12-7-3-4-8-13(12)18-14/h3-4,7-8,11,15,17H,2,5-6,9-10H2,1H3. The molecular weight excluding hydrogens is 224 g/mol. The summed E-state index contributed by atoms with van der Waals surface area (Å²) in [4.78, 5) is 0. The zero-order valence-electron chi connectivity index (χ0n) is 10.9. The van der Waals surface area contributed by atoms with Crippen molar-refractivity contribution in [2.24, 2.45) is 5.41 Å². The van der Waals surface area contributed by atoms with Crippen LogP contribution in [0.2, 0.25) is 0 Å². The molecule has 1 aromatic heterocycles. The molecule has 1 fully saturated rings. The van der Waals surface area contributed by atoms with Crippen LogP contribution in [-0.4, -0.2) is 5.11 Å². The van der Waals surface area contributed by atoms with Gasteiger partial charge in [-0.05, 0) is 25.0 Å². The Balaban J connectivity index is 1.93. The lowest BCUT2D eigenvalue weighted by Gasteiger charge is -2.36. The van der Waals surface area contributed by atoms with Crippen molar-refractivity contribution < 1.29 is 9.52 Å². The fraction of sp³-hybridized carbons (Fsp3) is 0.500. The van der Waals surface area contributed by atoms with Crippen LogP contribution in [0.1, 0.15) is 50.9 Å². The molecule has 1 saturated carbocycles. The van der Waals surface area contributed by atoms with Crippen LogP contribution in [0.25, 0.3) is 11.0 Å². The van der Waals surface area contributed by atoms with E-state index in [1.165, 1.54) is 19.3 Å². The van der Waals surface area contributed by atoms with Crippen LogP contribution in [-0.2, 0) is 0 Å². The molecular formula is C16H20O2. The summed E-state index contributed by atoms with van der Waals surface area (Å²) in [5.74, 6) is 0.723. The van der Waals surface area contributed by atoms with E-state index in [9.17, 15) is 5.11 Å². The third-order valence-electron chi connectivity index (χ3n) is 4.37. The summed E-state index contributed by atoms with van der Waals surface area (Å²) >= 11 is 0. The summed E-state index contributed by atoms with van der Waals surface area (Å²) in [6, 6.07) is 9.92. The number of fused-ring (bicyclic) bond motifs is 1. The van der Waals surface area contributed by atoms with Gasteiger partial charge in [0.25, 0.3) is 0 Å². The molecule has 96 valence electrons. The normalized spacial score (nSPS) is 21.0. The second-order valence-electron chi connectivity index (χ2n) is 5.80. The lowest BCUT2D eigenvalue weighted by atomic mass is 9.71. The Hall–Kier alpha value is -1.28. The van der Waals surface area contributed by atoms with Crippen LogP contribution < -0.4 is 0 Å². The number of para-hydroxylation sites is 1. The van der Waals surface area contributed by atoms with E-state index < -0.39 is 6.10 Å². The molecule has 1 aliphatic rings. The minimum Gasteiger partial charge on any atom is -0.458 e. The third kappa shape index (κ3) is 1.95. The number of rotatable bonds is 2. The van der Waals surface area contributed by atoms with Gasteiger partial charge in [0.2, 0.25) is 0 Å². The first-order valence-corrected chi connectivity index (χ1v) is 6.86. The fourth-order valence-electron chi connectivity index (χ4n) is 3.11. The van der Waals surface area contributed by atoms with Crippen LogP contribution in [0.5, 0.6) is 0 Å². The van der Waals surface area contributed by atoms with E-state index in [1.807, 2.05) is 30.3 Å². The summed E-state index contributed by atoms with van der Waals surface area (Å²) in [6.45, 7) is 2.18. The molecule has 0 aliphatic heterocycles. The quantitative estimate of drug-likeness (QED) is 0.847. The van der Waals surface area contributed by atoms with Gasteiger partial charge in [0.1, 0.15) is 17.4 Å². The van der Waals surface area contributed by atoms with E-state index >= 15 is 0 Å². The first kappa shape index (κ1) is 11.8. The van der Waals surface area contributed by atoms with E-state index in [-0.39, 0.29) is 5.41 Å². The smallest absolute Gasteiger partial charge is 0.134 e. The van der Waals surface area contributed by atoms with Gasteiger partial charge in [-0.15, -0.1) is 0 Å². The van der Waals surface area contributed by atoms with Gasteiger partial charge in [-0.1, -0.05) is 44.4 Å². The fourth-order valence-corrected chi connectivity index (χ4v) is 3.11. The topological polar surface area (TPSA) is 33.4 Å². The highest BCUT2D eigenvalue weighted by atomic mass is 16.4. The Morgan fingerprint density at radius 3 is 2.61 bits per heavy atom. The van der Waals surface area contributed by atoms with Gasteiger partial charge in [-0.2, -0.15) is 0 Å². The molecule has 18 heavy (non-hydrogen) atoms. The number of furan rings is 1. The van der Waals surface area contributed by atoms with Crippen molar-refractivity contribution in [1.29, 1.82) is 0 Å². The Morgan fingerprint density at radius 1 is 1.17 bits per heavy atom. The minimum absolute atomic E-state index is 0.0217. The van der Waals surface area contributed by atoms with Gasteiger partial charge in [-0.25, -0.2) is 0 Å². The molecule has 2 heteroatoms. The first-order chi connectivity index (χ1) is 8.69. The van der Waals surface area contributed by atoms with Crippen molar-refractivity contribution in [3.63, 3.8) is 0 Å². The average Bonchev–Trinajstić information content (AvgIpc) is 2.82. The van der Waals surface area contributed by atoms with E-state index in [1.54, 1.807) is 0 Å². The van der Waals surface area contributed by atoms with Gasteiger partial charge >= 0.3 is 0 Å². The Bertz CT molecular complexity index is 502. The van der Waals surface area contributed by atoms with Crippen LogP contribution in [0.15, 0.2) is 34.7 Å². The van der Waals surface area contributed by atoms with Crippen molar-refractivity contribution in [2.45, 2.75) is 45.1 Å². The Labute approximate surface area is 108 Å². The summed E-state index contributed by atoms with van der Waals surface area (Å²) < 4.78 is 5.80. The van der Waals surface area contributed by atoms with Crippen molar-refractivity contribution in [3.8, 4) is 0 Å². The third-order valence-corrected chi connectivity index (χ3v) is 4.37. The summed E-state index contributed by atoms with van der Waals surface area (Å²) in [6.07, 6.45) is 5.42. The van der Waals surface area contributed by atoms with Gasteiger partial charge in [0.15, 0.2) is 0 Å². The molecule has 0 bridgehead atoms. The monoisotopic (exact) mass is 244 g/mol. The van der Waals surface area contributed by atoms with E-state index in [4.69, 9.17) is 4.42 Å². The van der Waals surface area contributed by atoms with Crippen LogP contribution >= 0.6 is 0 Å². The lowest BCUT2D eigenvalue weighted by Crippen LogP contribution is -2.27. The molecule has 0 radical (unpaired) electrons. The van der Waals surface area contributed by atoms with E-state index in [0.717, 1.165) is 29.6 Å². The van der Waals surface area contributed by atoms with Gasteiger partial charge in [0.05, 0.1) is 0 Å². The Kier molecular flexibility index (Phi) is 2.90. The zero-order chi connectivity index (χ0) is 12.6. The average molecular weight is 244 g/mol. The number of benzene rings is 1. The second kappa shape index (κ2) is 4.43. The summed E-state index contributed by atoms with van der Waals surface area (Å²) in [7, 11) is 0. The molecule has 2 nitrogen and oxygen atoms in total. The maximum absolute atomic E-state index is 10.6. The van der Waals surface area contributed by atoms with E-state index in [0.29, 0.717) is 0 Å². The van der Waals surface area contributed by atoms with Crippen molar-refractivity contribution in [2.75, 3.05) is 0 Å². The highest BCUT2D eigenvalue weighted by Crippen LogP contribution is 2.46. The second-order valence-corrected chi connectivity index (χ2v) is 5.80. The van der Waals surface area contributed by atoms with Crippen molar-refractivity contribution in [1.82, 2.24) is 0 Å². The molecule has 1 heterocycles. The van der Waals surface area contributed by atoms with Crippen LogP contribution in [0.4, 0.5) is 0 Å². The summed E-state index contributed by atoms with van der Waals surface area (Å²) in [5, 5.41) is 11.7. The molecule has 3 rings (SSSR count). The molecule has 1 N–H and O–H groups in total. The zero-order valence-corrected chi connectivity index (χ0v) is 10.9. The van der Waals surface area contributed by atoms with Gasteiger partial charge in [0, 0.05) is 10.8 Å². The lowest BCUT2D eigenvalue weighted by molar-refractivity contribution is -0.00523. The predicted molar refractivity (Wildman–Crippen MR) is 72.4 cm³/mol. The number of aliphatic hydroxyl groups excluding tert-OH is 1. The molecule has 1 unspecified atom stereocenters. The van der Waals surface area contributed by atoms with Gasteiger partial charge < -0.3 is 9.52 Å². The predicted octanol–water partition coefficient (Wildman–Crippen LogP) is 4.44. The molecule has 0 amide bonds. The molecule has 0 saturated heterocycles. The number of hydrogen-bond donors (Lipinski definition) is 1. The molecule has 1 aromatic carbocycles. The highest BCUT2D eigenvalue weighted by molar-refractivity contribution is 5.77. The van der Waals surface area contributed by atoms with Crippen molar-refractivity contribution >= 4 is 11.0 Å². The molecule has 0 spiro atoms. The van der Waals surface area contributed by atoms with E-state index in [2.05, 4.69) is 6.92 Å². The number of hydrogen-bond acceptors (Lipinski definition) is 2. The van der Waals surface area contributed by atoms with Gasteiger partial charge in [-0.3, -0.25) is 0 Å². The SMILES string of the molecule is CC1(C(O)c2cc3ccccc3o2)CCCCC1.